The van der Waals surface area contributed by atoms with Crippen molar-refractivity contribution >= 4 is 23.5 Å². The summed E-state index contributed by atoms with van der Waals surface area (Å²) in [5.41, 5.74) is 0.505. The Labute approximate surface area is 133 Å². The molecular weight excluding hydrogens is 304 g/mol. The number of para-hydroxylation sites is 2. The average molecular weight is 322 g/mol. The number of hydrogen-bond acceptors (Lipinski definition) is 6. The average Bonchev–Trinajstić information content (AvgIpc) is 2.56. The maximum absolute atomic E-state index is 11.9. The van der Waals surface area contributed by atoms with Gasteiger partial charge in [-0.1, -0.05) is 12.1 Å². The lowest BCUT2D eigenvalue weighted by Crippen LogP contribution is -2.43. The van der Waals surface area contributed by atoms with Gasteiger partial charge >= 0.3 is 5.97 Å². The molecule has 0 spiro atoms. The van der Waals surface area contributed by atoms with Gasteiger partial charge in [0.1, 0.15) is 12.3 Å². The summed E-state index contributed by atoms with van der Waals surface area (Å²) in [6.45, 7) is -0.101. The minimum atomic E-state index is -0.669. The first kappa shape index (κ1) is 16.8. The van der Waals surface area contributed by atoms with E-state index in [9.17, 15) is 14.4 Å². The topological polar surface area (TPSA) is 94.2 Å². The smallest absolute Gasteiger partial charge is 0.326 e. The van der Waals surface area contributed by atoms with Crippen LogP contribution in [-0.2, 0) is 23.9 Å². The maximum atomic E-state index is 11.9. The van der Waals surface area contributed by atoms with Gasteiger partial charge in [-0.2, -0.15) is 0 Å². The number of rotatable bonds is 7. The third kappa shape index (κ3) is 4.68. The van der Waals surface area contributed by atoms with Crippen LogP contribution in [-0.4, -0.2) is 57.8 Å². The van der Waals surface area contributed by atoms with Gasteiger partial charge in [0.15, 0.2) is 13.2 Å². The van der Waals surface area contributed by atoms with Crippen molar-refractivity contribution in [2.75, 3.05) is 44.9 Å². The molecule has 8 nitrogen and oxygen atoms in total. The van der Waals surface area contributed by atoms with E-state index in [1.807, 2.05) is 0 Å². The second kappa shape index (κ2) is 8.14. The van der Waals surface area contributed by atoms with E-state index in [1.165, 1.54) is 12.0 Å². The van der Waals surface area contributed by atoms with Gasteiger partial charge in [0.05, 0.1) is 12.3 Å². The Morgan fingerprint density at radius 3 is 2.91 bits per heavy atom. The van der Waals surface area contributed by atoms with Crippen LogP contribution in [0.5, 0.6) is 5.75 Å². The first-order valence-corrected chi connectivity index (χ1v) is 7.05. The summed E-state index contributed by atoms with van der Waals surface area (Å²) in [7, 11) is 1.52. The highest BCUT2D eigenvalue weighted by Crippen LogP contribution is 2.31. The molecule has 1 aromatic carbocycles. The van der Waals surface area contributed by atoms with E-state index < -0.39 is 18.5 Å². The van der Waals surface area contributed by atoms with E-state index >= 15 is 0 Å². The highest BCUT2D eigenvalue weighted by atomic mass is 16.5. The highest BCUT2D eigenvalue weighted by Gasteiger charge is 2.27. The van der Waals surface area contributed by atoms with Crippen molar-refractivity contribution in [3.05, 3.63) is 24.3 Å². The van der Waals surface area contributed by atoms with Crippen LogP contribution in [0.3, 0.4) is 0 Å². The van der Waals surface area contributed by atoms with Gasteiger partial charge in [0.25, 0.3) is 11.8 Å². The molecule has 1 aliphatic heterocycles. The molecule has 0 radical (unpaired) electrons. The molecule has 0 fully saturated rings. The predicted octanol–water partition coefficient (Wildman–Crippen LogP) is -0.282. The molecule has 8 heteroatoms. The lowest BCUT2D eigenvalue weighted by molar-refractivity contribution is -0.147. The predicted molar refractivity (Wildman–Crippen MR) is 80.1 cm³/mol. The van der Waals surface area contributed by atoms with Gasteiger partial charge in [0, 0.05) is 13.7 Å². The molecule has 0 bridgehead atoms. The van der Waals surface area contributed by atoms with Crippen molar-refractivity contribution in [1.82, 2.24) is 5.32 Å². The first-order chi connectivity index (χ1) is 11.1. The Kier molecular flexibility index (Phi) is 5.93. The Bertz CT molecular complexity index is 589. The molecule has 0 saturated carbocycles. The molecule has 0 aliphatic carbocycles. The third-order valence-electron chi connectivity index (χ3n) is 3.09. The molecule has 0 saturated heterocycles. The monoisotopic (exact) mass is 322 g/mol. The fourth-order valence-corrected chi connectivity index (χ4v) is 1.99. The largest absolute Gasteiger partial charge is 0.482 e. The minimum Gasteiger partial charge on any atom is -0.482 e. The van der Waals surface area contributed by atoms with Crippen LogP contribution in [0.2, 0.25) is 0 Å². The number of nitrogens with one attached hydrogen (secondary N) is 1. The molecular formula is C15H18N2O6. The van der Waals surface area contributed by atoms with Gasteiger partial charge in [-0.3, -0.25) is 19.3 Å². The first-order valence-electron chi connectivity index (χ1n) is 7.05. The number of ether oxygens (including phenoxy) is 3. The quantitative estimate of drug-likeness (QED) is 0.548. The number of esters is 1. The van der Waals surface area contributed by atoms with Crippen LogP contribution >= 0.6 is 0 Å². The van der Waals surface area contributed by atoms with Crippen LogP contribution < -0.4 is 15.0 Å². The van der Waals surface area contributed by atoms with Crippen LogP contribution in [0.15, 0.2) is 24.3 Å². The molecule has 124 valence electrons. The van der Waals surface area contributed by atoms with Gasteiger partial charge in [-0.15, -0.1) is 0 Å². The second-order valence-electron chi connectivity index (χ2n) is 4.74. The molecule has 1 N–H and O–H groups in total. The lowest BCUT2D eigenvalue weighted by Gasteiger charge is -2.28. The third-order valence-corrected chi connectivity index (χ3v) is 3.09. The summed E-state index contributed by atoms with van der Waals surface area (Å²) in [4.78, 5) is 36.5. The standard InChI is InChI=1S/C15H18N2O6/c1-21-7-6-16-13(18)9-23-15(20)8-17-11-4-2-3-5-12(11)22-10-14(17)19/h2-5H,6-10H2,1H3,(H,16,18). The number of nitrogens with zero attached hydrogens (tertiary/aromatic N) is 1. The molecule has 2 rings (SSSR count). The zero-order valence-electron chi connectivity index (χ0n) is 12.7. The summed E-state index contributed by atoms with van der Waals surface area (Å²) in [5.74, 6) is -0.913. The number of benzene rings is 1. The summed E-state index contributed by atoms with van der Waals surface area (Å²) < 4.78 is 14.9. The van der Waals surface area contributed by atoms with Crippen molar-refractivity contribution < 1.29 is 28.6 Å². The fraction of sp³-hybridized carbons (Fsp3) is 0.400. The Morgan fingerprint density at radius 2 is 2.13 bits per heavy atom. The zero-order chi connectivity index (χ0) is 16.7. The number of anilines is 1. The summed E-state index contributed by atoms with van der Waals surface area (Å²) in [6, 6.07) is 6.90. The molecule has 0 aromatic heterocycles. The van der Waals surface area contributed by atoms with E-state index in [-0.39, 0.29) is 19.1 Å². The maximum Gasteiger partial charge on any atom is 0.326 e. The zero-order valence-corrected chi connectivity index (χ0v) is 12.7. The molecule has 1 aliphatic rings. The van der Waals surface area contributed by atoms with E-state index in [4.69, 9.17) is 14.2 Å². The van der Waals surface area contributed by atoms with Crippen LogP contribution in [0.25, 0.3) is 0 Å². The van der Waals surface area contributed by atoms with Crippen molar-refractivity contribution in [1.29, 1.82) is 0 Å². The Hall–Kier alpha value is -2.61. The normalized spacial score (nSPS) is 13.1. The Balaban J connectivity index is 1.85. The van der Waals surface area contributed by atoms with E-state index in [0.29, 0.717) is 24.6 Å². The lowest BCUT2D eigenvalue weighted by atomic mass is 10.2. The number of methoxy groups -OCH3 is 1. The fourth-order valence-electron chi connectivity index (χ4n) is 1.99. The summed E-state index contributed by atoms with van der Waals surface area (Å²) in [6.07, 6.45) is 0. The Morgan fingerprint density at radius 1 is 1.35 bits per heavy atom. The van der Waals surface area contributed by atoms with Crippen molar-refractivity contribution in [3.63, 3.8) is 0 Å². The van der Waals surface area contributed by atoms with Crippen LogP contribution in [0, 0.1) is 0 Å². The van der Waals surface area contributed by atoms with Crippen LogP contribution in [0.4, 0.5) is 5.69 Å². The number of fused-ring (bicyclic) bond motifs is 1. The van der Waals surface area contributed by atoms with Crippen molar-refractivity contribution in [3.8, 4) is 5.75 Å². The number of amides is 2. The van der Waals surface area contributed by atoms with Gasteiger partial charge in [-0.25, -0.2) is 0 Å². The SMILES string of the molecule is COCCNC(=O)COC(=O)CN1C(=O)COc2ccccc21. The van der Waals surface area contributed by atoms with E-state index in [2.05, 4.69) is 5.32 Å². The minimum absolute atomic E-state index is 0.137. The molecule has 1 heterocycles. The van der Waals surface area contributed by atoms with Crippen molar-refractivity contribution in [2.45, 2.75) is 0 Å². The van der Waals surface area contributed by atoms with E-state index in [0.717, 1.165) is 0 Å². The molecule has 2 amide bonds. The number of carbonyl (C=O) groups is 3. The second-order valence-corrected chi connectivity index (χ2v) is 4.74. The van der Waals surface area contributed by atoms with Crippen molar-refractivity contribution in [2.24, 2.45) is 0 Å². The molecule has 23 heavy (non-hydrogen) atoms. The highest BCUT2D eigenvalue weighted by molar-refractivity contribution is 6.01. The number of carbonyl (C=O) groups excluding carboxylic acids is 3. The summed E-state index contributed by atoms with van der Waals surface area (Å²) in [5, 5.41) is 2.53. The number of hydrogen-bond donors (Lipinski definition) is 1. The van der Waals surface area contributed by atoms with Gasteiger partial charge in [0.2, 0.25) is 0 Å². The van der Waals surface area contributed by atoms with Gasteiger partial charge in [-0.05, 0) is 12.1 Å². The van der Waals surface area contributed by atoms with Crippen LogP contribution in [0.1, 0.15) is 0 Å². The molecule has 0 atom stereocenters. The summed E-state index contributed by atoms with van der Waals surface area (Å²) >= 11 is 0. The van der Waals surface area contributed by atoms with Gasteiger partial charge < -0.3 is 19.5 Å². The molecule has 1 aromatic rings. The van der Waals surface area contributed by atoms with E-state index in [1.54, 1.807) is 24.3 Å². The molecule has 0 unspecified atom stereocenters.